The first kappa shape index (κ1) is 25.1. The molecular weight excluding hydrogens is 491 g/mol. The number of aliphatic hydroxyl groups is 1. The number of imidazole rings is 1. The number of aromatic nitrogens is 2. The lowest BCUT2D eigenvalue weighted by Gasteiger charge is -2.08. The highest BCUT2D eigenvalue weighted by Crippen LogP contribution is 2.37. The third kappa shape index (κ3) is 4.59. The van der Waals surface area contributed by atoms with Crippen molar-refractivity contribution in [2.45, 2.75) is 19.4 Å². The highest BCUT2D eigenvalue weighted by molar-refractivity contribution is 6.33. The summed E-state index contributed by atoms with van der Waals surface area (Å²) < 4.78 is 0. The smallest absolute Gasteiger partial charge is 0.141 e. The fourth-order valence-electron chi connectivity index (χ4n) is 4.11. The van der Waals surface area contributed by atoms with Crippen molar-refractivity contribution < 1.29 is 5.11 Å². The summed E-state index contributed by atoms with van der Waals surface area (Å²) in [6.07, 6.45) is 1.47. The lowest BCUT2D eigenvalue weighted by Crippen LogP contribution is -2.14. The van der Waals surface area contributed by atoms with Crippen LogP contribution in [-0.4, -0.2) is 27.1 Å². The summed E-state index contributed by atoms with van der Waals surface area (Å²) in [7, 11) is 0. The zero-order valence-electron chi connectivity index (χ0n) is 19.7. The van der Waals surface area contributed by atoms with E-state index in [1.807, 2.05) is 36.4 Å². The maximum absolute atomic E-state index is 9.99. The van der Waals surface area contributed by atoms with E-state index in [1.54, 1.807) is 32.0 Å². The normalized spacial score (nSPS) is 10.8. The number of hydrogen-bond donors (Lipinski definition) is 2. The average molecular weight is 511 g/mol. The van der Waals surface area contributed by atoms with Crippen LogP contribution in [0.25, 0.3) is 44.0 Å². The molecule has 0 unspecified atom stereocenters. The number of nitrogens with zero attached hydrogens (tertiary/aromatic N) is 3. The number of nitriles is 2. The van der Waals surface area contributed by atoms with Crippen molar-refractivity contribution in [2.24, 2.45) is 0 Å². The van der Waals surface area contributed by atoms with Crippen molar-refractivity contribution in [3.63, 3.8) is 0 Å². The maximum atomic E-state index is 9.99. The molecule has 176 valence electrons. The lowest BCUT2D eigenvalue weighted by atomic mass is 9.98. The van der Waals surface area contributed by atoms with Crippen LogP contribution in [0.1, 0.15) is 30.5 Å². The Morgan fingerprint density at radius 3 is 2.17 bits per heavy atom. The van der Waals surface area contributed by atoms with Crippen LogP contribution in [0, 0.1) is 34.5 Å². The topological polar surface area (TPSA) is 96.5 Å². The molecule has 4 aromatic carbocycles. The Kier molecular flexibility index (Phi) is 6.89. The van der Waals surface area contributed by atoms with E-state index in [0.717, 1.165) is 38.1 Å². The number of alkyl halides is 1. The molecule has 0 radical (unpaired) electrons. The molecule has 0 bridgehead atoms. The SMILES string of the molecule is CC(C)(O)C#Cc1ccc2c(c1)c1cc(Cl)ccc1c1nc(-c3c(C#N)cccc3C#N)[nH]c21.CCl. The quantitative estimate of drug-likeness (QED) is 0.145. The van der Waals surface area contributed by atoms with Crippen LogP contribution in [0.5, 0.6) is 0 Å². The van der Waals surface area contributed by atoms with Gasteiger partial charge in [0.2, 0.25) is 0 Å². The monoisotopic (exact) mass is 510 g/mol. The molecule has 0 spiro atoms. The van der Waals surface area contributed by atoms with Crippen molar-refractivity contribution in [3.05, 3.63) is 76.3 Å². The van der Waals surface area contributed by atoms with Gasteiger partial charge in [0, 0.05) is 27.7 Å². The second-order valence-corrected chi connectivity index (χ2v) is 8.96. The molecular formula is C29H20Cl2N4O. The van der Waals surface area contributed by atoms with Gasteiger partial charge in [0.25, 0.3) is 0 Å². The van der Waals surface area contributed by atoms with Gasteiger partial charge in [-0.1, -0.05) is 41.6 Å². The highest BCUT2D eigenvalue weighted by Gasteiger charge is 2.18. The molecule has 2 N–H and O–H groups in total. The van der Waals surface area contributed by atoms with Crippen LogP contribution < -0.4 is 0 Å². The molecule has 5 aromatic rings. The summed E-state index contributed by atoms with van der Waals surface area (Å²) in [5, 5.41) is 33.5. The molecule has 36 heavy (non-hydrogen) atoms. The molecule has 0 saturated heterocycles. The number of H-pyrrole nitrogens is 1. The minimum Gasteiger partial charge on any atom is -0.378 e. The molecule has 5 nitrogen and oxygen atoms in total. The summed E-state index contributed by atoms with van der Waals surface area (Å²) in [6, 6.07) is 20.8. The highest BCUT2D eigenvalue weighted by atomic mass is 35.5. The van der Waals surface area contributed by atoms with E-state index in [-0.39, 0.29) is 0 Å². The molecule has 0 atom stereocenters. The summed E-state index contributed by atoms with van der Waals surface area (Å²) in [4.78, 5) is 8.20. The van der Waals surface area contributed by atoms with Gasteiger partial charge in [0.05, 0.1) is 39.9 Å². The van der Waals surface area contributed by atoms with Gasteiger partial charge < -0.3 is 10.1 Å². The Morgan fingerprint density at radius 1 is 0.889 bits per heavy atom. The predicted octanol–water partition coefficient (Wildman–Crippen LogP) is 6.91. The van der Waals surface area contributed by atoms with Crippen molar-refractivity contribution in [1.29, 1.82) is 10.5 Å². The van der Waals surface area contributed by atoms with Crippen molar-refractivity contribution in [2.75, 3.05) is 6.38 Å². The molecule has 0 amide bonds. The molecule has 0 aliphatic rings. The number of halogens is 2. The van der Waals surface area contributed by atoms with Gasteiger partial charge in [-0.05, 0) is 61.0 Å². The lowest BCUT2D eigenvalue weighted by molar-refractivity contribution is 0.143. The third-order valence-electron chi connectivity index (χ3n) is 5.57. The maximum Gasteiger partial charge on any atom is 0.141 e. The minimum absolute atomic E-state index is 0.374. The van der Waals surface area contributed by atoms with Gasteiger partial charge in [-0.25, -0.2) is 4.98 Å². The first-order chi connectivity index (χ1) is 17.3. The average Bonchev–Trinajstić information content (AvgIpc) is 3.32. The first-order valence-corrected chi connectivity index (χ1v) is 12.0. The van der Waals surface area contributed by atoms with E-state index in [9.17, 15) is 15.6 Å². The Hall–Kier alpha value is -4.05. The Bertz CT molecular complexity index is 1760. The van der Waals surface area contributed by atoms with Crippen molar-refractivity contribution in [3.8, 4) is 35.4 Å². The van der Waals surface area contributed by atoms with Crippen LogP contribution in [-0.2, 0) is 0 Å². The molecule has 0 aliphatic carbocycles. The molecule has 1 heterocycles. The van der Waals surface area contributed by atoms with Gasteiger partial charge in [-0.2, -0.15) is 10.5 Å². The van der Waals surface area contributed by atoms with E-state index < -0.39 is 5.60 Å². The Balaban J connectivity index is 0.00000148. The zero-order chi connectivity index (χ0) is 26.0. The van der Waals surface area contributed by atoms with Crippen LogP contribution in [0.4, 0.5) is 0 Å². The number of fused-ring (bicyclic) bond motifs is 6. The van der Waals surface area contributed by atoms with E-state index in [1.165, 1.54) is 6.38 Å². The second kappa shape index (κ2) is 9.90. The summed E-state index contributed by atoms with van der Waals surface area (Å²) in [5.74, 6) is 6.34. The Morgan fingerprint density at radius 2 is 1.53 bits per heavy atom. The number of nitrogens with one attached hydrogen (secondary N) is 1. The van der Waals surface area contributed by atoms with Gasteiger partial charge >= 0.3 is 0 Å². The van der Waals surface area contributed by atoms with Gasteiger partial charge in [0.1, 0.15) is 11.4 Å². The Labute approximate surface area is 218 Å². The summed E-state index contributed by atoms with van der Waals surface area (Å²) in [5.41, 5.74) is 2.40. The molecule has 0 aliphatic heterocycles. The number of benzene rings is 4. The number of rotatable bonds is 1. The second-order valence-electron chi connectivity index (χ2n) is 8.52. The zero-order valence-corrected chi connectivity index (χ0v) is 21.3. The minimum atomic E-state index is -1.10. The largest absolute Gasteiger partial charge is 0.378 e. The van der Waals surface area contributed by atoms with Crippen LogP contribution in [0.3, 0.4) is 0 Å². The third-order valence-corrected chi connectivity index (χ3v) is 5.81. The first-order valence-electron chi connectivity index (χ1n) is 10.9. The fourth-order valence-corrected chi connectivity index (χ4v) is 4.28. The van der Waals surface area contributed by atoms with Gasteiger partial charge in [0.15, 0.2) is 0 Å². The molecule has 0 saturated carbocycles. The standard InChI is InChI=1S/C28H17ClN4O.CH3Cl/c1-28(2,34)11-10-16-6-8-20-22(12-16)23-13-19(29)7-9-21(23)26-25(20)32-27(33-26)24-17(14-30)4-3-5-18(24)15-31;1-2/h3-9,12-13,34H,1-2H3,(H,32,33);1H3. The van der Waals surface area contributed by atoms with Gasteiger partial charge in [-0.15, -0.1) is 11.6 Å². The number of aromatic amines is 1. The molecule has 5 rings (SSSR count). The molecule has 7 heteroatoms. The van der Waals surface area contributed by atoms with Crippen LogP contribution in [0.2, 0.25) is 5.02 Å². The van der Waals surface area contributed by atoms with Crippen molar-refractivity contribution in [1.82, 2.24) is 9.97 Å². The van der Waals surface area contributed by atoms with E-state index >= 15 is 0 Å². The summed E-state index contributed by atoms with van der Waals surface area (Å²) in [6.45, 7) is 3.28. The molecule has 0 fully saturated rings. The molecule has 1 aromatic heterocycles. The van der Waals surface area contributed by atoms with E-state index in [4.69, 9.17) is 16.6 Å². The fraction of sp³-hybridized carbons (Fsp3) is 0.138. The summed E-state index contributed by atoms with van der Waals surface area (Å²) >= 11 is 11.0. The van der Waals surface area contributed by atoms with Gasteiger partial charge in [-0.3, -0.25) is 0 Å². The van der Waals surface area contributed by atoms with Crippen LogP contribution in [0.15, 0.2) is 54.6 Å². The van der Waals surface area contributed by atoms with E-state index in [0.29, 0.717) is 27.5 Å². The predicted molar refractivity (Wildman–Crippen MR) is 146 cm³/mol. The van der Waals surface area contributed by atoms with Crippen molar-refractivity contribution >= 4 is 55.8 Å². The van der Waals surface area contributed by atoms with Crippen LogP contribution >= 0.6 is 23.2 Å². The van der Waals surface area contributed by atoms with E-state index in [2.05, 4.69) is 40.6 Å². The number of hydrogen-bond acceptors (Lipinski definition) is 4.